The van der Waals surface area contributed by atoms with Crippen molar-refractivity contribution in [1.82, 2.24) is 20.1 Å². The van der Waals surface area contributed by atoms with Gasteiger partial charge in [0.2, 0.25) is 5.91 Å². The molecule has 1 atom stereocenters. The van der Waals surface area contributed by atoms with Gasteiger partial charge in [0.25, 0.3) is 0 Å². The molecule has 0 spiro atoms. The van der Waals surface area contributed by atoms with Crippen LogP contribution in [0.4, 0.5) is 4.39 Å². The molecule has 1 aromatic heterocycles. The maximum absolute atomic E-state index is 13.6. The van der Waals surface area contributed by atoms with Crippen molar-refractivity contribution in [2.75, 3.05) is 32.7 Å². The fourth-order valence-electron chi connectivity index (χ4n) is 6.79. The Hall–Kier alpha value is -4.88. The van der Waals surface area contributed by atoms with Crippen molar-refractivity contribution in [3.8, 4) is 28.7 Å². The van der Waals surface area contributed by atoms with Crippen LogP contribution < -0.4 is 20.1 Å². The van der Waals surface area contributed by atoms with Crippen LogP contribution in [0.15, 0.2) is 85.1 Å². The maximum atomic E-state index is 13.6. The number of rotatable bonds is 16. The van der Waals surface area contributed by atoms with Crippen molar-refractivity contribution >= 4 is 28.4 Å². The van der Waals surface area contributed by atoms with Crippen LogP contribution >= 0.6 is 11.6 Å². The minimum atomic E-state index is -0.685. The lowest BCUT2D eigenvalue weighted by Crippen LogP contribution is -2.30. The van der Waals surface area contributed by atoms with Crippen molar-refractivity contribution < 1.29 is 18.7 Å². The third-order valence-electron chi connectivity index (χ3n) is 9.58. The van der Waals surface area contributed by atoms with E-state index in [1.165, 1.54) is 23.4 Å². The number of carbonyl (C=O) groups is 1. The number of benzene rings is 4. The molecule has 6 rings (SSSR count). The molecule has 5 aromatic rings. The number of ether oxygens (including phenoxy) is 2. The second-order valence-corrected chi connectivity index (χ2v) is 13.7. The highest BCUT2D eigenvalue weighted by Gasteiger charge is 2.21. The summed E-state index contributed by atoms with van der Waals surface area (Å²) < 4.78 is 28.6. The summed E-state index contributed by atoms with van der Waals surface area (Å²) in [5.41, 5.74) is 7.96. The van der Waals surface area contributed by atoms with Gasteiger partial charge < -0.3 is 29.6 Å². The molecule has 8 nitrogen and oxygen atoms in total. The van der Waals surface area contributed by atoms with Crippen LogP contribution in [-0.2, 0) is 31.1 Å². The second-order valence-electron chi connectivity index (χ2n) is 13.3. The van der Waals surface area contributed by atoms with Gasteiger partial charge in [0.1, 0.15) is 30.9 Å². The van der Waals surface area contributed by atoms with Gasteiger partial charge in [-0.1, -0.05) is 54.1 Å². The maximum Gasteiger partial charge on any atom is 0.216 e. The number of aromatic nitrogens is 1. The molecular formula is C42H45ClFN5O3. The summed E-state index contributed by atoms with van der Waals surface area (Å²) in [7, 11) is 0. The van der Waals surface area contributed by atoms with Crippen LogP contribution in [0.2, 0.25) is 5.02 Å². The summed E-state index contributed by atoms with van der Waals surface area (Å²) in [6, 6.07) is 28.1. The van der Waals surface area contributed by atoms with E-state index < -0.39 is 6.17 Å². The summed E-state index contributed by atoms with van der Waals surface area (Å²) in [6.07, 6.45) is 3.10. The number of fused-ring (bicyclic) bond motifs is 1. The molecule has 0 bridgehead atoms. The Bertz CT molecular complexity index is 2060. The van der Waals surface area contributed by atoms with E-state index in [9.17, 15) is 14.4 Å². The molecule has 1 unspecified atom stereocenters. The first-order valence-corrected chi connectivity index (χ1v) is 18.2. The third kappa shape index (κ3) is 9.31. The van der Waals surface area contributed by atoms with Gasteiger partial charge in [-0.25, -0.2) is 4.39 Å². The summed E-state index contributed by atoms with van der Waals surface area (Å²) >= 11 is 6.80. The molecule has 270 valence electrons. The number of aryl methyl sites for hydroxylation is 1. The predicted molar refractivity (Wildman–Crippen MR) is 204 cm³/mol. The zero-order valence-electron chi connectivity index (χ0n) is 29.8. The van der Waals surface area contributed by atoms with Crippen LogP contribution in [0.1, 0.15) is 47.6 Å². The highest BCUT2D eigenvalue weighted by atomic mass is 35.5. The number of amides is 1. The quantitative estimate of drug-likeness (QED) is 0.101. The van der Waals surface area contributed by atoms with Crippen molar-refractivity contribution in [2.45, 2.75) is 59.2 Å². The summed E-state index contributed by atoms with van der Waals surface area (Å²) in [4.78, 5) is 13.5. The van der Waals surface area contributed by atoms with Crippen molar-refractivity contribution in [3.63, 3.8) is 0 Å². The van der Waals surface area contributed by atoms with Gasteiger partial charge in [-0.05, 0) is 84.5 Å². The fourth-order valence-corrected chi connectivity index (χ4v) is 7.04. The lowest BCUT2D eigenvalue weighted by atomic mass is 9.94. The Morgan fingerprint density at radius 2 is 1.77 bits per heavy atom. The van der Waals surface area contributed by atoms with Crippen LogP contribution in [0.3, 0.4) is 0 Å². The number of halogens is 2. The predicted octanol–water partition coefficient (Wildman–Crippen LogP) is 7.96. The second kappa shape index (κ2) is 17.6. The summed E-state index contributed by atoms with van der Waals surface area (Å²) in [5, 5.41) is 17.1. The monoisotopic (exact) mass is 721 g/mol. The van der Waals surface area contributed by atoms with Gasteiger partial charge in [-0.2, -0.15) is 5.26 Å². The van der Waals surface area contributed by atoms with Gasteiger partial charge in [0.05, 0.1) is 16.7 Å². The van der Waals surface area contributed by atoms with Crippen molar-refractivity contribution in [2.24, 2.45) is 0 Å². The van der Waals surface area contributed by atoms with E-state index >= 15 is 0 Å². The van der Waals surface area contributed by atoms with Crippen LogP contribution in [0, 0.1) is 18.3 Å². The molecule has 52 heavy (non-hydrogen) atoms. The Balaban J connectivity index is 1.17. The number of alkyl halides is 1. The first-order valence-electron chi connectivity index (χ1n) is 17.8. The van der Waals surface area contributed by atoms with Crippen molar-refractivity contribution in [1.29, 1.82) is 5.26 Å². The molecule has 1 aliphatic heterocycles. The molecule has 0 aliphatic carbocycles. The number of carbonyl (C=O) groups excluding carboxylic acids is 1. The molecule has 0 radical (unpaired) electrons. The fraction of sp³-hybridized carbons (Fsp3) is 0.333. The minimum absolute atomic E-state index is 0.0781. The van der Waals surface area contributed by atoms with Gasteiger partial charge in [0, 0.05) is 74.9 Å². The topological polar surface area (TPSA) is 91.6 Å². The molecule has 2 N–H and O–H groups in total. The Morgan fingerprint density at radius 1 is 0.962 bits per heavy atom. The standard InChI is InChI=1S/C42H45ClFN5O3/c1-29-33(9-4-10-36(29)37-11-5-12-40-38(37)14-20-49(40)18-6-17-48-19-13-35(44)26-48)28-52-42-23-41(51-27-32-8-3-7-31(21-32)24-45)34(22-39(42)43)25-46-15-16-47-30(2)50/h3-5,7-12,14,20-23,35,46H,6,13,15-19,25-28H2,1-2H3,(H,47,50). The van der Waals surface area contributed by atoms with E-state index in [0.717, 1.165) is 53.9 Å². The number of nitrogens with zero attached hydrogens (tertiary/aromatic N) is 3. The van der Waals surface area contributed by atoms with E-state index in [1.807, 2.05) is 30.3 Å². The lowest BCUT2D eigenvalue weighted by Gasteiger charge is -2.18. The van der Waals surface area contributed by atoms with E-state index in [4.69, 9.17) is 21.1 Å². The van der Waals surface area contributed by atoms with Gasteiger partial charge >= 0.3 is 0 Å². The Labute approximate surface area is 310 Å². The zero-order chi connectivity index (χ0) is 36.5. The van der Waals surface area contributed by atoms with E-state index in [2.05, 4.69) is 81.8 Å². The van der Waals surface area contributed by atoms with E-state index in [1.54, 1.807) is 6.07 Å². The molecule has 10 heteroatoms. The van der Waals surface area contributed by atoms with Crippen LogP contribution in [-0.4, -0.2) is 54.3 Å². The summed E-state index contributed by atoms with van der Waals surface area (Å²) in [6.45, 7) is 8.95. The average molecular weight is 722 g/mol. The van der Waals surface area contributed by atoms with Gasteiger partial charge in [-0.15, -0.1) is 0 Å². The van der Waals surface area contributed by atoms with Gasteiger partial charge in [-0.3, -0.25) is 4.79 Å². The smallest absolute Gasteiger partial charge is 0.216 e. The number of hydrogen-bond donors (Lipinski definition) is 2. The summed E-state index contributed by atoms with van der Waals surface area (Å²) in [5.74, 6) is 1.04. The first-order chi connectivity index (χ1) is 25.3. The molecule has 1 aliphatic rings. The molecule has 0 saturated carbocycles. The minimum Gasteiger partial charge on any atom is -0.488 e. The van der Waals surface area contributed by atoms with Gasteiger partial charge in [0.15, 0.2) is 0 Å². The number of hydrogen-bond acceptors (Lipinski definition) is 6. The highest BCUT2D eigenvalue weighted by molar-refractivity contribution is 6.32. The zero-order valence-corrected chi connectivity index (χ0v) is 30.5. The molecule has 4 aromatic carbocycles. The molecule has 1 amide bonds. The van der Waals surface area contributed by atoms with E-state index in [-0.39, 0.29) is 12.5 Å². The highest BCUT2D eigenvalue weighted by Crippen LogP contribution is 2.36. The average Bonchev–Trinajstić information content (AvgIpc) is 3.76. The molecule has 2 heterocycles. The lowest BCUT2D eigenvalue weighted by molar-refractivity contribution is -0.118. The molecular weight excluding hydrogens is 677 g/mol. The van der Waals surface area contributed by atoms with Crippen LogP contribution in [0.25, 0.3) is 22.0 Å². The SMILES string of the molecule is CC(=O)NCCNCc1cc(Cl)c(OCc2cccc(-c3cccc4c3ccn4CCCN3CCC(F)C3)c2C)cc1OCc1cccc(C#N)c1. The van der Waals surface area contributed by atoms with Crippen LogP contribution in [0.5, 0.6) is 11.5 Å². The number of likely N-dealkylation sites (tertiary alicyclic amines) is 1. The Kier molecular flexibility index (Phi) is 12.5. The largest absolute Gasteiger partial charge is 0.488 e. The molecule has 1 saturated heterocycles. The normalized spacial score (nSPS) is 14.4. The number of nitriles is 1. The van der Waals surface area contributed by atoms with E-state index in [0.29, 0.717) is 61.3 Å². The number of nitrogens with one attached hydrogen (secondary N) is 2. The third-order valence-corrected chi connectivity index (χ3v) is 9.87. The molecule has 1 fully saturated rings. The Morgan fingerprint density at radius 3 is 2.58 bits per heavy atom. The first kappa shape index (κ1) is 36.9. The van der Waals surface area contributed by atoms with Crippen molar-refractivity contribution in [3.05, 3.63) is 118 Å².